The Bertz CT molecular complexity index is 368. The summed E-state index contributed by atoms with van der Waals surface area (Å²) < 4.78 is 33.4. The van der Waals surface area contributed by atoms with Crippen LogP contribution >= 0.6 is 0 Å². The van der Waals surface area contributed by atoms with Crippen LogP contribution in [0.2, 0.25) is 0 Å². The van der Waals surface area contributed by atoms with E-state index in [1.807, 2.05) is 0 Å². The van der Waals surface area contributed by atoms with E-state index in [0.717, 1.165) is 13.1 Å². The van der Waals surface area contributed by atoms with Crippen molar-refractivity contribution in [2.45, 2.75) is 32.2 Å². The van der Waals surface area contributed by atoms with Crippen molar-refractivity contribution in [2.24, 2.45) is 0 Å². The lowest BCUT2D eigenvalue weighted by Gasteiger charge is -2.33. The minimum Gasteiger partial charge on any atom is -0.379 e. The number of rotatable bonds is 5. The number of likely N-dealkylation sites (tertiary alicyclic amines) is 1. The van der Waals surface area contributed by atoms with Gasteiger partial charge in [0.2, 0.25) is 0 Å². The van der Waals surface area contributed by atoms with Gasteiger partial charge in [0.15, 0.2) is 0 Å². The van der Waals surface area contributed by atoms with Gasteiger partial charge in [0.25, 0.3) is 10.2 Å². The van der Waals surface area contributed by atoms with E-state index in [-0.39, 0.29) is 0 Å². The molecule has 0 spiro atoms. The molecule has 0 bridgehead atoms. The Balaban J connectivity index is 1.74. The van der Waals surface area contributed by atoms with E-state index < -0.39 is 10.2 Å². The van der Waals surface area contributed by atoms with Crippen LogP contribution in [-0.4, -0.2) is 69.6 Å². The Hall–Kier alpha value is -0.210. The zero-order valence-corrected chi connectivity index (χ0v) is 12.5. The lowest BCUT2D eigenvalue weighted by atomic mass is 10.0. The average molecular weight is 291 g/mol. The maximum Gasteiger partial charge on any atom is 0.279 e. The fourth-order valence-corrected chi connectivity index (χ4v) is 3.85. The normalized spacial score (nSPS) is 27.5. The fraction of sp³-hybridized carbons (Fsp3) is 1.00. The van der Waals surface area contributed by atoms with Crippen molar-refractivity contribution in [1.82, 2.24) is 13.9 Å². The molecule has 0 saturated carbocycles. The summed E-state index contributed by atoms with van der Waals surface area (Å²) in [5.41, 5.74) is 0. The van der Waals surface area contributed by atoms with Crippen molar-refractivity contribution in [3.63, 3.8) is 0 Å². The fourth-order valence-electron chi connectivity index (χ4n) is 2.69. The molecule has 2 rings (SSSR count). The summed E-state index contributed by atoms with van der Waals surface area (Å²) in [6, 6.07) is 0.571. The Morgan fingerprint density at radius 3 is 2.63 bits per heavy atom. The third-order valence-electron chi connectivity index (χ3n) is 3.93. The Morgan fingerprint density at radius 2 is 1.95 bits per heavy atom. The number of hydrogen-bond donors (Lipinski definition) is 1. The second-order valence-electron chi connectivity index (χ2n) is 5.29. The summed E-state index contributed by atoms with van der Waals surface area (Å²) in [7, 11) is -3.32. The van der Waals surface area contributed by atoms with Crippen LogP contribution in [0.4, 0.5) is 0 Å². The molecule has 7 heteroatoms. The van der Waals surface area contributed by atoms with Gasteiger partial charge in [-0.15, -0.1) is 0 Å². The average Bonchev–Trinajstić information content (AvgIpc) is 2.42. The number of hydrogen-bond acceptors (Lipinski definition) is 4. The molecule has 0 aromatic carbocycles. The first-order chi connectivity index (χ1) is 9.09. The van der Waals surface area contributed by atoms with Crippen LogP contribution in [0, 0.1) is 0 Å². The first kappa shape index (κ1) is 15.2. The van der Waals surface area contributed by atoms with Crippen LogP contribution in [0.3, 0.4) is 0 Å². The highest BCUT2D eigenvalue weighted by Crippen LogP contribution is 2.15. The molecule has 19 heavy (non-hydrogen) atoms. The topological polar surface area (TPSA) is 61.9 Å². The molecular weight excluding hydrogens is 266 g/mol. The van der Waals surface area contributed by atoms with Gasteiger partial charge >= 0.3 is 0 Å². The predicted molar refractivity (Wildman–Crippen MR) is 74.2 cm³/mol. The molecule has 0 radical (unpaired) electrons. The molecule has 112 valence electrons. The lowest BCUT2D eigenvalue weighted by molar-refractivity contribution is 0.0724. The van der Waals surface area contributed by atoms with Gasteiger partial charge in [-0.2, -0.15) is 12.7 Å². The third kappa shape index (κ3) is 4.39. The van der Waals surface area contributed by atoms with Crippen LogP contribution in [-0.2, 0) is 14.9 Å². The SMILES string of the molecule is C[C@@H]1CCCCN1CCNS(=O)(=O)N1CCOCC1. The van der Waals surface area contributed by atoms with E-state index in [1.165, 1.54) is 23.6 Å². The Labute approximate surface area is 116 Å². The number of ether oxygens (including phenoxy) is 1. The summed E-state index contributed by atoms with van der Waals surface area (Å²) in [5, 5.41) is 0. The monoisotopic (exact) mass is 291 g/mol. The molecule has 2 aliphatic rings. The number of nitrogens with one attached hydrogen (secondary N) is 1. The summed E-state index contributed by atoms with van der Waals surface area (Å²) in [6.07, 6.45) is 3.73. The van der Waals surface area contributed by atoms with Gasteiger partial charge < -0.3 is 4.74 Å². The Kier molecular flexibility index (Phi) is 5.58. The molecule has 1 N–H and O–H groups in total. The second-order valence-corrected chi connectivity index (χ2v) is 7.05. The van der Waals surface area contributed by atoms with Crippen molar-refractivity contribution in [3.05, 3.63) is 0 Å². The molecule has 2 fully saturated rings. The highest BCUT2D eigenvalue weighted by Gasteiger charge is 2.24. The summed E-state index contributed by atoms with van der Waals surface area (Å²) in [6.45, 7) is 6.48. The lowest BCUT2D eigenvalue weighted by Crippen LogP contribution is -2.49. The summed E-state index contributed by atoms with van der Waals surface area (Å²) >= 11 is 0. The van der Waals surface area contributed by atoms with Crippen LogP contribution in [0.1, 0.15) is 26.2 Å². The van der Waals surface area contributed by atoms with E-state index >= 15 is 0 Å². The van der Waals surface area contributed by atoms with E-state index in [9.17, 15) is 8.42 Å². The van der Waals surface area contributed by atoms with E-state index in [1.54, 1.807) is 0 Å². The van der Waals surface area contributed by atoms with Crippen LogP contribution < -0.4 is 4.72 Å². The highest BCUT2D eigenvalue weighted by atomic mass is 32.2. The van der Waals surface area contributed by atoms with Gasteiger partial charge in [-0.3, -0.25) is 4.90 Å². The quantitative estimate of drug-likeness (QED) is 0.776. The summed E-state index contributed by atoms with van der Waals surface area (Å²) in [4.78, 5) is 2.37. The highest BCUT2D eigenvalue weighted by molar-refractivity contribution is 7.87. The maximum atomic E-state index is 12.0. The van der Waals surface area contributed by atoms with Gasteiger partial charge in [-0.05, 0) is 26.3 Å². The Morgan fingerprint density at radius 1 is 1.21 bits per heavy atom. The minimum atomic E-state index is -3.32. The van der Waals surface area contributed by atoms with Crippen molar-refractivity contribution in [3.8, 4) is 0 Å². The van der Waals surface area contributed by atoms with Crippen LogP contribution in [0.5, 0.6) is 0 Å². The molecule has 0 aliphatic carbocycles. The van der Waals surface area contributed by atoms with Gasteiger partial charge in [0, 0.05) is 32.2 Å². The van der Waals surface area contributed by atoms with E-state index in [0.29, 0.717) is 38.9 Å². The molecule has 0 aromatic rings. The van der Waals surface area contributed by atoms with Gasteiger partial charge in [-0.25, -0.2) is 4.72 Å². The third-order valence-corrected chi connectivity index (χ3v) is 5.55. The molecular formula is C12H25N3O3S. The van der Waals surface area contributed by atoms with E-state index in [2.05, 4.69) is 16.5 Å². The summed E-state index contributed by atoms with van der Waals surface area (Å²) in [5.74, 6) is 0. The smallest absolute Gasteiger partial charge is 0.279 e. The molecule has 1 atom stereocenters. The minimum absolute atomic E-state index is 0.454. The van der Waals surface area contributed by atoms with Gasteiger partial charge in [0.1, 0.15) is 0 Å². The van der Waals surface area contributed by atoms with Crippen molar-refractivity contribution >= 4 is 10.2 Å². The largest absolute Gasteiger partial charge is 0.379 e. The molecule has 2 aliphatic heterocycles. The van der Waals surface area contributed by atoms with Crippen molar-refractivity contribution in [1.29, 1.82) is 0 Å². The van der Waals surface area contributed by atoms with Gasteiger partial charge in [-0.1, -0.05) is 6.42 Å². The van der Waals surface area contributed by atoms with Crippen LogP contribution in [0.15, 0.2) is 0 Å². The van der Waals surface area contributed by atoms with Crippen molar-refractivity contribution < 1.29 is 13.2 Å². The number of nitrogens with zero attached hydrogens (tertiary/aromatic N) is 2. The first-order valence-electron chi connectivity index (χ1n) is 7.16. The molecule has 6 nitrogen and oxygen atoms in total. The maximum absolute atomic E-state index is 12.0. The van der Waals surface area contributed by atoms with Gasteiger partial charge in [0.05, 0.1) is 13.2 Å². The molecule has 2 saturated heterocycles. The van der Waals surface area contributed by atoms with E-state index in [4.69, 9.17) is 4.74 Å². The van der Waals surface area contributed by atoms with Crippen LogP contribution in [0.25, 0.3) is 0 Å². The first-order valence-corrected chi connectivity index (χ1v) is 8.60. The number of morpholine rings is 1. The molecule has 0 amide bonds. The molecule has 2 heterocycles. The molecule has 0 aromatic heterocycles. The predicted octanol–water partition coefficient (Wildman–Crippen LogP) is 0.0274. The number of piperidine rings is 1. The zero-order chi connectivity index (χ0) is 13.7. The molecule has 0 unspecified atom stereocenters. The zero-order valence-electron chi connectivity index (χ0n) is 11.7. The standard InChI is InChI=1S/C12H25N3O3S/c1-12-4-2-3-6-14(12)7-5-13-19(16,17)15-8-10-18-11-9-15/h12-13H,2-11H2,1H3/t12-/m1/s1. The van der Waals surface area contributed by atoms with Crippen molar-refractivity contribution in [2.75, 3.05) is 45.9 Å². The second kappa shape index (κ2) is 6.99.